The van der Waals surface area contributed by atoms with Crippen LogP contribution in [-0.2, 0) is 4.74 Å². The van der Waals surface area contributed by atoms with Crippen LogP contribution in [-0.4, -0.2) is 40.9 Å². The normalized spacial score (nSPS) is 21.3. The molecule has 0 spiro atoms. The Kier molecular flexibility index (Phi) is 4.92. The van der Waals surface area contributed by atoms with E-state index in [-0.39, 0.29) is 24.1 Å². The minimum Gasteiger partial charge on any atom is -0.478 e. The first-order valence-corrected chi connectivity index (χ1v) is 7.60. The Bertz CT molecular complexity index is 597. The zero-order chi connectivity index (χ0) is 17.2. The summed E-state index contributed by atoms with van der Waals surface area (Å²) in [6.45, 7) is 5.07. The molecule has 0 aromatic heterocycles. The number of likely N-dealkylation sites (tertiary alicyclic amines) is 1. The van der Waals surface area contributed by atoms with Crippen molar-refractivity contribution in [2.75, 3.05) is 13.2 Å². The summed E-state index contributed by atoms with van der Waals surface area (Å²) in [5.41, 5.74) is 0.195. The lowest BCUT2D eigenvalue weighted by Gasteiger charge is -2.29. The monoisotopic (exact) mass is 323 g/mol. The molecule has 1 aliphatic heterocycles. The third kappa shape index (κ3) is 4.21. The van der Waals surface area contributed by atoms with Gasteiger partial charge in [0, 0.05) is 12.5 Å². The second-order valence-corrected chi connectivity index (χ2v) is 6.84. The van der Waals surface area contributed by atoms with Crippen molar-refractivity contribution in [1.29, 1.82) is 0 Å². The Morgan fingerprint density at radius 1 is 1.39 bits per heavy atom. The zero-order valence-corrected chi connectivity index (χ0v) is 13.6. The Hall–Kier alpha value is -2.11. The summed E-state index contributed by atoms with van der Waals surface area (Å²) in [6.07, 6.45) is -0.0436. The Balaban J connectivity index is 2.28. The highest BCUT2D eigenvalue weighted by molar-refractivity contribution is 5.87. The number of carboxylic acids is 1. The number of carbonyl (C=O) groups is 2. The fraction of sp³-hybridized carbons (Fsp3) is 0.529. The maximum absolute atomic E-state index is 13.1. The van der Waals surface area contributed by atoms with Gasteiger partial charge in [-0.2, -0.15) is 0 Å². The first-order chi connectivity index (χ1) is 10.7. The van der Waals surface area contributed by atoms with E-state index in [2.05, 4.69) is 0 Å². The molecule has 2 rings (SSSR count). The highest BCUT2D eigenvalue weighted by Gasteiger charge is 2.38. The standard InChI is InChI=1S/C17H22FNO4/c1-17(2,3)23-16(22)19-10-11(9-18)7-14(19)12-5-4-6-13(8-12)15(20)21/h4-6,8,11,14H,7,9-10H2,1-3H3,(H,20,21). The van der Waals surface area contributed by atoms with Crippen LogP contribution in [0, 0.1) is 5.92 Å². The number of ether oxygens (including phenoxy) is 1. The van der Waals surface area contributed by atoms with E-state index in [1.807, 2.05) is 0 Å². The number of benzene rings is 1. The summed E-state index contributed by atoms with van der Waals surface area (Å²) in [7, 11) is 0. The molecular weight excluding hydrogens is 301 g/mol. The molecule has 5 nitrogen and oxygen atoms in total. The van der Waals surface area contributed by atoms with Gasteiger partial charge in [0.15, 0.2) is 0 Å². The minimum absolute atomic E-state index is 0.148. The predicted octanol–water partition coefficient (Wildman–Crippen LogP) is 3.65. The van der Waals surface area contributed by atoms with Crippen molar-refractivity contribution >= 4 is 12.1 Å². The van der Waals surface area contributed by atoms with Gasteiger partial charge in [-0.15, -0.1) is 0 Å². The van der Waals surface area contributed by atoms with Gasteiger partial charge in [0.25, 0.3) is 0 Å². The third-order valence-corrected chi connectivity index (χ3v) is 3.75. The van der Waals surface area contributed by atoms with E-state index in [1.165, 1.54) is 17.0 Å². The Labute approximate surface area is 135 Å². The number of alkyl halides is 1. The van der Waals surface area contributed by atoms with Gasteiger partial charge < -0.3 is 14.7 Å². The first kappa shape index (κ1) is 17.2. The topological polar surface area (TPSA) is 66.8 Å². The van der Waals surface area contributed by atoms with Crippen LogP contribution in [0.15, 0.2) is 24.3 Å². The van der Waals surface area contributed by atoms with Crippen LogP contribution in [0.5, 0.6) is 0 Å². The summed E-state index contributed by atoms with van der Waals surface area (Å²) in [5.74, 6) is -1.29. The first-order valence-electron chi connectivity index (χ1n) is 7.60. The molecule has 1 fully saturated rings. The smallest absolute Gasteiger partial charge is 0.410 e. The van der Waals surface area contributed by atoms with Crippen LogP contribution in [0.25, 0.3) is 0 Å². The lowest BCUT2D eigenvalue weighted by molar-refractivity contribution is 0.0218. The number of carbonyl (C=O) groups excluding carboxylic acids is 1. The SMILES string of the molecule is CC(C)(C)OC(=O)N1CC(CF)CC1c1cccc(C(=O)O)c1. The van der Waals surface area contributed by atoms with Gasteiger partial charge in [-0.1, -0.05) is 12.1 Å². The number of nitrogens with zero attached hydrogens (tertiary/aromatic N) is 1. The number of halogens is 1. The van der Waals surface area contributed by atoms with Crippen molar-refractivity contribution in [3.8, 4) is 0 Å². The van der Waals surface area contributed by atoms with Gasteiger partial charge in [0.1, 0.15) is 5.60 Å². The quantitative estimate of drug-likeness (QED) is 0.922. The van der Waals surface area contributed by atoms with E-state index < -0.39 is 24.3 Å². The van der Waals surface area contributed by atoms with E-state index in [0.29, 0.717) is 12.0 Å². The van der Waals surface area contributed by atoms with Crippen molar-refractivity contribution in [3.63, 3.8) is 0 Å². The van der Waals surface area contributed by atoms with Crippen LogP contribution in [0.3, 0.4) is 0 Å². The van der Waals surface area contributed by atoms with Gasteiger partial charge in [-0.3, -0.25) is 4.39 Å². The Morgan fingerprint density at radius 2 is 2.09 bits per heavy atom. The maximum Gasteiger partial charge on any atom is 0.410 e. The highest BCUT2D eigenvalue weighted by Crippen LogP contribution is 2.37. The molecule has 0 radical (unpaired) electrons. The third-order valence-electron chi connectivity index (χ3n) is 3.75. The largest absolute Gasteiger partial charge is 0.478 e. The molecular formula is C17H22FNO4. The van der Waals surface area contributed by atoms with Gasteiger partial charge in [0.2, 0.25) is 0 Å². The zero-order valence-electron chi connectivity index (χ0n) is 13.6. The number of carboxylic acid groups (broad SMARTS) is 1. The molecule has 1 N–H and O–H groups in total. The number of aromatic carboxylic acids is 1. The molecule has 0 aliphatic carbocycles. The predicted molar refractivity (Wildman–Crippen MR) is 83.2 cm³/mol. The minimum atomic E-state index is -1.03. The van der Waals surface area contributed by atoms with Crippen molar-refractivity contribution in [3.05, 3.63) is 35.4 Å². The summed E-state index contributed by atoms with van der Waals surface area (Å²) >= 11 is 0. The molecule has 1 heterocycles. The fourth-order valence-corrected chi connectivity index (χ4v) is 2.75. The molecule has 2 unspecified atom stereocenters. The molecule has 1 aromatic rings. The summed E-state index contributed by atoms with van der Waals surface area (Å²) in [6, 6.07) is 6.05. The second-order valence-electron chi connectivity index (χ2n) is 6.84. The van der Waals surface area contributed by atoms with Crippen LogP contribution < -0.4 is 0 Å². The fourth-order valence-electron chi connectivity index (χ4n) is 2.75. The number of rotatable bonds is 3. The summed E-state index contributed by atoms with van der Waals surface area (Å²) < 4.78 is 18.5. The molecule has 1 saturated heterocycles. The average Bonchev–Trinajstić information content (AvgIpc) is 2.90. The van der Waals surface area contributed by atoms with Crippen LogP contribution in [0.4, 0.5) is 9.18 Å². The lowest BCUT2D eigenvalue weighted by Crippen LogP contribution is -2.37. The molecule has 0 bridgehead atoms. The van der Waals surface area contributed by atoms with E-state index in [4.69, 9.17) is 9.84 Å². The molecule has 0 saturated carbocycles. The average molecular weight is 323 g/mol. The molecule has 1 amide bonds. The van der Waals surface area contributed by atoms with E-state index in [1.54, 1.807) is 32.9 Å². The van der Waals surface area contributed by atoms with Crippen LogP contribution >= 0.6 is 0 Å². The van der Waals surface area contributed by atoms with Gasteiger partial charge >= 0.3 is 12.1 Å². The van der Waals surface area contributed by atoms with Gasteiger partial charge in [0.05, 0.1) is 18.3 Å². The van der Waals surface area contributed by atoms with E-state index in [9.17, 15) is 14.0 Å². The summed E-state index contributed by atoms with van der Waals surface area (Å²) in [5, 5.41) is 9.11. The van der Waals surface area contributed by atoms with Crippen molar-refractivity contribution in [1.82, 2.24) is 4.90 Å². The summed E-state index contributed by atoms with van der Waals surface area (Å²) in [4.78, 5) is 25.0. The number of hydrogen-bond donors (Lipinski definition) is 1. The molecule has 126 valence electrons. The van der Waals surface area contributed by atoms with Crippen molar-refractivity contribution in [2.45, 2.75) is 38.8 Å². The van der Waals surface area contributed by atoms with Crippen LogP contribution in [0.1, 0.15) is 49.2 Å². The molecule has 2 atom stereocenters. The van der Waals surface area contributed by atoms with Crippen molar-refractivity contribution < 1.29 is 23.8 Å². The van der Waals surface area contributed by atoms with E-state index in [0.717, 1.165) is 0 Å². The van der Waals surface area contributed by atoms with E-state index >= 15 is 0 Å². The number of amides is 1. The maximum atomic E-state index is 13.1. The molecule has 6 heteroatoms. The molecule has 1 aromatic carbocycles. The number of hydrogen-bond acceptors (Lipinski definition) is 3. The second kappa shape index (κ2) is 6.56. The van der Waals surface area contributed by atoms with Gasteiger partial charge in [-0.25, -0.2) is 9.59 Å². The Morgan fingerprint density at radius 3 is 2.65 bits per heavy atom. The molecule has 23 heavy (non-hydrogen) atoms. The van der Waals surface area contributed by atoms with Crippen molar-refractivity contribution in [2.24, 2.45) is 5.92 Å². The lowest BCUT2D eigenvalue weighted by atomic mass is 9.99. The van der Waals surface area contributed by atoms with Crippen LogP contribution in [0.2, 0.25) is 0 Å². The molecule has 1 aliphatic rings. The van der Waals surface area contributed by atoms with Gasteiger partial charge in [-0.05, 0) is 44.9 Å². The highest BCUT2D eigenvalue weighted by atomic mass is 19.1.